The van der Waals surface area contributed by atoms with E-state index in [0.29, 0.717) is 12.3 Å². The highest BCUT2D eigenvalue weighted by atomic mass is 35.5. The van der Waals surface area contributed by atoms with Crippen LogP contribution in [0.15, 0.2) is 34.1 Å². The second kappa shape index (κ2) is 7.51. The quantitative estimate of drug-likeness (QED) is 0.665. The summed E-state index contributed by atoms with van der Waals surface area (Å²) in [6.45, 7) is 0.282. The van der Waals surface area contributed by atoms with Gasteiger partial charge in [-0.3, -0.25) is 4.57 Å². The topological polar surface area (TPSA) is 55.1 Å². The smallest absolute Gasteiger partial charge is 0.348 e. The van der Waals surface area contributed by atoms with Gasteiger partial charge in [-0.15, -0.1) is 11.8 Å². The number of aromatic nitrogens is 2. The van der Waals surface area contributed by atoms with Crippen molar-refractivity contribution in [2.75, 3.05) is 6.61 Å². The number of thioether (sulfide) groups is 1. The lowest BCUT2D eigenvalue weighted by atomic mass is 9.97. The predicted octanol–water partition coefficient (Wildman–Crippen LogP) is 3.06. The summed E-state index contributed by atoms with van der Waals surface area (Å²) in [5.74, 6) is 0.697. The molecule has 1 aliphatic rings. The second-order valence-electron chi connectivity index (χ2n) is 5.59. The zero-order valence-electron chi connectivity index (χ0n) is 12.8. The molecule has 3 rings (SSSR count). The highest BCUT2D eigenvalue weighted by Crippen LogP contribution is 2.31. The maximum atomic E-state index is 12.3. The van der Waals surface area contributed by atoms with E-state index in [1.807, 2.05) is 24.3 Å². The van der Waals surface area contributed by atoms with Crippen LogP contribution >= 0.6 is 23.4 Å². The Bertz CT molecular complexity index is 761. The Morgan fingerprint density at radius 2 is 2.04 bits per heavy atom. The minimum Gasteiger partial charge on any atom is -0.395 e. The van der Waals surface area contributed by atoms with E-state index in [1.165, 1.54) is 5.56 Å². The van der Waals surface area contributed by atoms with Crippen molar-refractivity contribution < 1.29 is 5.11 Å². The van der Waals surface area contributed by atoms with Gasteiger partial charge in [0.2, 0.25) is 0 Å². The summed E-state index contributed by atoms with van der Waals surface area (Å²) in [4.78, 5) is 16.5. The van der Waals surface area contributed by atoms with E-state index >= 15 is 0 Å². The van der Waals surface area contributed by atoms with Crippen molar-refractivity contribution in [3.63, 3.8) is 0 Å². The lowest BCUT2D eigenvalue weighted by Gasteiger charge is -2.22. The van der Waals surface area contributed by atoms with Crippen LogP contribution in [0.25, 0.3) is 0 Å². The summed E-state index contributed by atoms with van der Waals surface area (Å²) in [7, 11) is 0. The monoisotopic (exact) mass is 350 g/mol. The maximum absolute atomic E-state index is 12.3. The summed E-state index contributed by atoms with van der Waals surface area (Å²) in [6, 6.07) is 7.74. The molecule has 0 aliphatic heterocycles. The molecule has 122 valence electrons. The maximum Gasteiger partial charge on any atom is 0.348 e. The number of fused-ring (bicyclic) bond motifs is 1. The van der Waals surface area contributed by atoms with Gasteiger partial charge < -0.3 is 5.11 Å². The van der Waals surface area contributed by atoms with Gasteiger partial charge in [0.05, 0.1) is 13.2 Å². The molecule has 0 spiro atoms. The first-order chi connectivity index (χ1) is 11.2. The van der Waals surface area contributed by atoms with Crippen molar-refractivity contribution in [3.8, 4) is 0 Å². The van der Waals surface area contributed by atoms with Gasteiger partial charge in [0, 0.05) is 22.0 Å². The highest BCUT2D eigenvalue weighted by molar-refractivity contribution is 7.98. The van der Waals surface area contributed by atoms with Crippen LogP contribution in [0, 0.1) is 0 Å². The van der Waals surface area contributed by atoms with Crippen molar-refractivity contribution >= 4 is 23.4 Å². The summed E-state index contributed by atoms with van der Waals surface area (Å²) < 4.78 is 1.63. The Kier molecular flexibility index (Phi) is 5.41. The molecule has 6 heteroatoms. The zero-order chi connectivity index (χ0) is 16.2. The number of aliphatic hydroxyl groups excluding tert-OH is 1. The fourth-order valence-corrected chi connectivity index (χ4v) is 4.32. The molecule has 0 fully saturated rings. The van der Waals surface area contributed by atoms with Gasteiger partial charge in [-0.1, -0.05) is 29.8 Å². The van der Waals surface area contributed by atoms with Crippen molar-refractivity contribution in [1.29, 1.82) is 0 Å². The molecule has 0 atom stereocenters. The summed E-state index contributed by atoms with van der Waals surface area (Å²) in [6.07, 6.45) is 4.02. The van der Waals surface area contributed by atoms with Crippen LogP contribution < -0.4 is 5.69 Å². The van der Waals surface area contributed by atoms with Gasteiger partial charge in [0.25, 0.3) is 0 Å². The van der Waals surface area contributed by atoms with E-state index in [2.05, 4.69) is 4.98 Å². The van der Waals surface area contributed by atoms with E-state index in [1.54, 1.807) is 16.3 Å². The van der Waals surface area contributed by atoms with Crippen molar-refractivity contribution in [2.45, 2.75) is 43.0 Å². The van der Waals surface area contributed by atoms with Gasteiger partial charge in [0.15, 0.2) is 0 Å². The van der Waals surface area contributed by atoms with Crippen LogP contribution in [0.2, 0.25) is 5.02 Å². The fourth-order valence-electron chi connectivity index (χ4n) is 2.96. The zero-order valence-corrected chi connectivity index (χ0v) is 14.4. The molecule has 0 bridgehead atoms. The molecule has 0 unspecified atom stereocenters. The van der Waals surface area contributed by atoms with Gasteiger partial charge in [-0.05, 0) is 37.3 Å². The molecule has 0 amide bonds. The molecule has 23 heavy (non-hydrogen) atoms. The van der Waals surface area contributed by atoms with Crippen LogP contribution in [0.5, 0.6) is 0 Å². The molecule has 1 heterocycles. The van der Waals surface area contributed by atoms with E-state index < -0.39 is 0 Å². The standard InChI is InChI=1S/C17H19ClN2O2S/c18-14-7-3-1-5-12(14)11-23-16-13-6-2-4-8-15(13)20(9-10-21)17(22)19-16/h1,3,5,7,21H,2,4,6,8-11H2. The number of aliphatic hydroxyl groups is 1. The van der Waals surface area contributed by atoms with Crippen LogP contribution in [0.3, 0.4) is 0 Å². The number of nitrogens with zero attached hydrogens (tertiary/aromatic N) is 2. The van der Waals surface area contributed by atoms with E-state index in [4.69, 9.17) is 11.6 Å². The molecular weight excluding hydrogens is 332 g/mol. The van der Waals surface area contributed by atoms with E-state index in [-0.39, 0.29) is 12.3 Å². The molecule has 1 aromatic carbocycles. The summed E-state index contributed by atoms with van der Waals surface area (Å²) >= 11 is 7.78. The van der Waals surface area contributed by atoms with Crippen molar-refractivity contribution in [3.05, 3.63) is 56.6 Å². The first-order valence-electron chi connectivity index (χ1n) is 7.80. The van der Waals surface area contributed by atoms with Gasteiger partial charge in [-0.25, -0.2) is 4.79 Å². The van der Waals surface area contributed by atoms with Crippen LogP contribution in [0.1, 0.15) is 29.7 Å². The van der Waals surface area contributed by atoms with Gasteiger partial charge in [0.1, 0.15) is 5.03 Å². The lowest BCUT2D eigenvalue weighted by molar-refractivity contribution is 0.269. The third-order valence-corrected chi connectivity index (χ3v) is 5.53. The Morgan fingerprint density at radius 1 is 1.26 bits per heavy atom. The number of rotatable bonds is 5. The number of halogens is 1. The fraction of sp³-hybridized carbons (Fsp3) is 0.412. The Morgan fingerprint density at radius 3 is 2.83 bits per heavy atom. The molecule has 1 N–H and O–H groups in total. The molecular formula is C17H19ClN2O2S. The summed E-state index contributed by atoms with van der Waals surface area (Å²) in [5, 5.41) is 10.7. The molecule has 0 radical (unpaired) electrons. The predicted molar refractivity (Wildman–Crippen MR) is 93.2 cm³/mol. The first-order valence-corrected chi connectivity index (χ1v) is 9.16. The van der Waals surface area contributed by atoms with Crippen molar-refractivity contribution in [1.82, 2.24) is 9.55 Å². The highest BCUT2D eigenvalue weighted by Gasteiger charge is 2.20. The number of hydrogen-bond acceptors (Lipinski definition) is 4. The molecule has 4 nitrogen and oxygen atoms in total. The number of benzene rings is 1. The Labute approximate surface area is 144 Å². The van der Waals surface area contributed by atoms with Gasteiger partial charge in [-0.2, -0.15) is 4.98 Å². The molecule has 1 aromatic heterocycles. The van der Waals surface area contributed by atoms with Crippen LogP contribution in [-0.2, 0) is 25.1 Å². The molecule has 0 saturated heterocycles. The Hall–Kier alpha value is -1.30. The van der Waals surface area contributed by atoms with E-state index in [0.717, 1.165) is 47.0 Å². The minimum absolute atomic E-state index is 0.0415. The third-order valence-electron chi connectivity index (χ3n) is 4.10. The van der Waals surface area contributed by atoms with Gasteiger partial charge >= 0.3 is 5.69 Å². The minimum atomic E-state index is -0.263. The SMILES string of the molecule is O=c1nc(SCc2ccccc2Cl)c2c(n1CCO)CCCC2. The largest absolute Gasteiger partial charge is 0.395 e. The first kappa shape index (κ1) is 16.6. The molecule has 2 aromatic rings. The lowest BCUT2D eigenvalue weighted by Crippen LogP contribution is -2.31. The second-order valence-corrected chi connectivity index (χ2v) is 6.96. The number of hydrogen-bond donors (Lipinski definition) is 1. The van der Waals surface area contributed by atoms with Crippen LogP contribution in [-0.4, -0.2) is 21.3 Å². The van der Waals surface area contributed by atoms with Crippen molar-refractivity contribution in [2.24, 2.45) is 0 Å². The van der Waals surface area contributed by atoms with E-state index in [9.17, 15) is 9.90 Å². The average molecular weight is 351 g/mol. The molecule has 0 saturated carbocycles. The molecule has 1 aliphatic carbocycles. The summed E-state index contributed by atoms with van der Waals surface area (Å²) in [5.41, 5.74) is 3.00. The normalized spacial score (nSPS) is 13.8. The average Bonchev–Trinajstić information content (AvgIpc) is 2.57. The third kappa shape index (κ3) is 3.62. The Balaban J connectivity index is 1.92. The van der Waals surface area contributed by atoms with Crippen LogP contribution in [0.4, 0.5) is 0 Å².